The molecule has 1 heterocycles. The van der Waals surface area contributed by atoms with E-state index in [1.54, 1.807) is 6.07 Å². The van der Waals surface area contributed by atoms with E-state index in [9.17, 15) is 9.59 Å². The van der Waals surface area contributed by atoms with Gasteiger partial charge in [-0.25, -0.2) is 4.90 Å². The van der Waals surface area contributed by atoms with Crippen LogP contribution >= 0.6 is 11.8 Å². The lowest BCUT2D eigenvalue weighted by Crippen LogP contribution is -2.31. The van der Waals surface area contributed by atoms with Gasteiger partial charge in [0.05, 0.1) is 16.2 Å². The van der Waals surface area contributed by atoms with Gasteiger partial charge in [-0.3, -0.25) is 9.59 Å². The summed E-state index contributed by atoms with van der Waals surface area (Å²) < 4.78 is 0. The van der Waals surface area contributed by atoms with Crippen molar-refractivity contribution in [2.75, 3.05) is 23.9 Å². The van der Waals surface area contributed by atoms with Crippen molar-refractivity contribution in [2.45, 2.75) is 18.7 Å². The van der Waals surface area contributed by atoms with Gasteiger partial charge in [0.25, 0.3) is 11.8 Å². The molecule has 3 aromatic rings. The van der Waals surface area contributed by atoms with Crippen LogP contribution in [0.4, 0.5) is 11.4 Å². The van der Waals surface area contributed by atoms with Gasteiger partial charge in [-0.1, -0.05) is 59.8 Å². The van der Waals surface area contributed by atoms with Gasteiger partial charge < -0.3 is 4.90 Å². The highest BCUT2D eigenvalue weighted by atomic mass is 32.2. The molecule has 0 aliphatic carbocycles. The number of imide groups is 1. The Bertz CT molecular complexity index is 1200. The second-order valence-corrected chi connectivity index (χ2v) is 8.88. The summed E-state index contributed by atoms with van der Waals surface area (Å²) in [6.45, 7) is 4.00. The van der Waals surface area contributed by atoms with Crippen molar-refractivity contribution in [2.24, 2.45) is 0 Å². The topological polar surface area (TPSA) is 40.6 Å². The molecule has 0 fully saturated rings. The molecule has 0 saturated heterocycles. The molecule has 0 atom stereocenters. The highest BCUT2D eigenvalue weighted by molar-refractivity contribution is 8.04. The first kappa shape index (κ1) is 20.9. The van der Waals surface area contributed by atoms with Crippen LogP contribution in [0.5, 0.6) is 0 Å². The Morgan fingerprint density at radius 1 is 0.806 bits per heavy atom. The van der Waals surface area contributed by atoms with Crippen LogP contribution in [0.25, 0.3) is 5.57 Å². The zero-order valence-electron chi connectivity index (χ0n) is 18.0. The van der Waals surface area contributed by atoms with E-state index in [1.165, 1.54) is 16.7 Å². The summed E-state index contributed by atoms with van der Waals surface area (Å²) in [5.41, 5.74) is 4.86. The van der Waals surface area contributed by atoms with Crippen molar-refractivity contribution in [1.29, 1.82) is 0 Å². The van der Waals surface area contributed by atoms with E-state index in [-0.39, 0.29) is 11.8 Å². The Morgan fingerprint density at radius 2 is 1.55 bits per heavy atom. The van der Waals surface area contributed by atoms with E-state index in [1.807, 2.05) is 99.6 Å². The lowest BCUT2D eigenvalue weighted by Gasteiger charge is -2.19. The van der Waals surface area contributed by atoms with Crippen LogP contribution in [0.3, 0.4) is 0 Å². The monoisotopic (exact) mass is 428 g/mol. The molecule has 2 amide bonds. The first-order chi connectivity index (χ1) is 14.9. The largest absolute Gasteiger partial charge is 0.378 e. The zero-order chi connectivity index (χ0) is 22.1. The number of benzene rings is 3. The van der Waals surface area contributed by atoms with Gasteiger partial charge in [0.2, 0.25) is 0 Å². The molecule has 3 aromatic carbocycles. The number of carbonyl (C=O) groups is 2. The second kappa shape index (κ2) is 8.44. The number of nitrogens with zero attached hydrogens (tertiary/aromatic N) is 2. The van der Waals surface area contributed by atoms with Crippen LogP contribution in [0, 0.1) is 13.8 Å². The van der Waals surface area contributed by atoms with E-state index in [0.29, 0.717) is 16.2 Å². The number of aryl methyl sites for hydroxylation is 2. The van der Waals surface area contributed by atoms with Gasteiger partial charge in [-0.05, 0) is 55.3 Å². The van der Waals surface area contributed by atoms with E-state index < -0.39 is 0 Å². The van der Waals surface area contributed by atoms with Crippen molar-refractivity contribution in [3.05, 3.63) is 94.4 Å². The lowest BCUT2D eigenvalue weighted by molar-refractivity contribution is -0.119. The molecule has 1 aliphatic heterocycles. The fraction of sp³-hybridized carbons (Fsp3) is 0.154. The molecule has 0 radical (unpaired) electrons. The third-order valence-electron chi connectivity index (χ3n) is 5.26. The maximum atomic E-state index is 13.7. The molecule has 0 bridgehead atoms. The van der Waals surface area contributed by atoms with Crippen LogP contribution in [0.2, 0.25) is 0 Å². The first-order valence-electron chi connectivity index (χ1n) is 10.1. The van der Waals surface area contributed by atoms with Crippen LogP contribution in [-0.2, 0) is 9.59 Å². The number of rotatable bonds is 5. The Kier molecular flexibility index (Phi) is 5.70. The number of hydrogen-bond donors (Lipinski definition) is 0. The average molecular weight is 429 g/mol. The minimum absolute atomic E-state index is 0.286. The highest BCUT2D eigenvalue weighted by Crippen LogP contribution is 2.42. The molecule has 4 nitrogen and oxygen atoms in total. The number of anilines is 2. The Balaban J connectivity index is 1.85. The van der Waals surface area contributed by atoms with Crippen LogP contribution in [0.15, 0.2) is 82.6 Å². The van der Waals surface area contributed by atoms with Crippen molar-refractivity contribution in [1.82, 2.24) is 0 Å². The molecule has 0 unspecified atom stereocenters. The van der Waals surface area contributed by atoms with Gasteiger partial charge in [0.15, 0.2) is 0 Å². The molecule has 0 aromatic heterocycles. The number of hydrogen-bond acceptors (Lipinski definition) is 4. The molecule has 0 N–H and O–H groups in total. The summed E-state index contributed by atoms with van der Waals surface area (Å²) in [6.07, 6.45) is 0. The van der Waals surface area contributed by atoms with Crippen LogP contribution in [0.1, 0.15) is 16.7 Å². The molecule has 4 rings (SSSR count). The molecule has 156 valence electrons. The Labute approximate surface area is 187 Å². The fourth-order valence-corrected chi connectivity index (χ4v) is 4.69. The van der Waals surface area contributed by atoms with Crippen molar-refractivity contribution < 1.29 is 9.59 Å². The number of thioether (sulfide) groups is 1. The molecule has 31 heavy (non-hydrogen) atoms. The maximum Gasteiger partial charge on any atom is 0.272 e. The van der Waals surface area contributed by atoms with Crippen LogP contribution < -0.4 is 9.80 Å². The van der Waals surface area contributed by atoms with Gasteiger partial charge >= 0.3 is 0 Å². The third-order valence-corrected chi connectivity index (χ3v) is 6.35. The predicted molar refractivity (Wildman–Crippen MR) is 128 cm³/mol. The summed E-state index contributed by atoms with van der Waals surface area (Å²) in [6, 6.07) is 23.1. The van der Waals surface area contributed by atoms with Crippen molar-refractivity contribution in [3.63, 3.8) is 0 Å². The summed E-state index contributed by atoms with van der Waals surface area (Å²) in [5.74, 6) is -0.573. The normalized spacial score (nSPS) is 13.9. The van der Waals surface area contributed by atoms with Gasteiger partial charge in [0.1, 0.15) is 0 Å². The number of carbonyl (C=O) groups excluding carboxylic acids is 2. The molecule has 0 spiro atoms. The fourth-order valence-electron chi connectivity index (χ4n) is 3.69. The summed E-state index contributed by atoms with van der Waals surface area (Å²) in [7, 11) is 3.87. The maximum absolute atomic E-state index is 13.7. The molecule has 0 saturated carbocycles. The van der Waals surface area contributed by atoms with Gasteiger partial charge in [-0.2, -0.15) is 0 Å². The highest BCUT2D eigenvalue weighted by Gasteiger charge is 2.41. The molecular formula is C26H24N2O2S. The van der Waals surface area contributed by atoms with Crippen molar-refractivity contribution >= 4 is 40.5 Å². The second-order valence-electron chi connectivity index (χ2n) is 7.80. The molecular weight excluding hydrogens is 404 g/mol. The van der Waals surface area contributed by atoms with Gasteiger partial charge in [-0.15, -0.1) is 0 Å². The quantitative estimate of drug-likeness (QED) is 0.507. The SMILES string of the molecule is Cc1ccc(C2=C(Sc3ccccc3)C(=O)N(c3cccc(N(C)C)c3)C2=O)c(C)c1. The zero-order valence-corrected chi connectivity index (χ0v) is 18.9. The first-order valence-corrected chi connectivity index (χ1v) is 10.9. The van der Waals surface area contributed by atoms with Crippen molar-refractivity contribution in [3.8, 4) is 0 Å². The molecule has 1 aliphatic rings. The van der Waals surface area contributed by atoms with E-state index >= 15 is 0 Å². The summed E-state index contributed by atoms with van der Waals surface area (Å²) >= 11 is 1.34. The minimum atomic E-state index is -0.287. The smallest absolute Gasteiger partial charge is 0.272 e. The van der Waals surface area contributed by atoms with Gasteiger partial charge in [0, 0.05) is 24.7 Å². The minimum Gasteiger partial charge on any atom is -0.378 e. The van der Waals surface area contributed by atoms with Crippen LogP contribution in [-0.4, -0.2) is 25.9 Å². The Morgan fingerprint density at radius 3 is 2.23 bits per heavy atom. The Hall–Kier alpha value is -3.31. The average Bonchev–Trinajstić information content (AvgIpc) is 2.98. The predicted octanol–water partition coefficient (Wildman–Crippen LogP) is 5.45. The standard InChI is InChI=1S/C26H24N2O2S/c1-17-13-14-22(18(2)15-17)23-24(31-21-11-6-5-7-12-21)26(30)28(25(23)29)20-10-8-9-19(16-20)27(3)4/h5-16H,1-4H3. The van der Waals surface area contributed by atoms with E-state index in [2.05, 4.69) is 0 Å². The van der Waals surface area contributed by atoms with E-state index in [0.717, 1.165) is 27.3 Å². The third kappa shape index (κ3) is 4.01. The summed E-state index contributed by atoms with van der Waals surface area (Å²) in [4.78, 5) is 31.9. The number of amides is 2. The summed E-state index contributed by atoms with van der Waals surface area (Å²) in [5, 5.41) is 0. The lowest BCUT2D eigenvalue weighted by atomic mass is 9.99. The van der Waals surface area contributed by atoms with E-state index in [4.69, 9.17) is 0 Å². The molecule has 5 heteroatoms.